The van der Waals surface area contributed by atoms with Crippen LogP contribution in [0, 0.1) is 10.1 Å². The number of carbonyl (C=O) groups is 1. The number of hydrogen-bond donors (Lipinski definition) is 2. The monoisotopic (exact) mass is 376 g/mol. The molecule has 0 atom stereocenters. The Hall–Kier alpha value is -3.36. The van der Waals surface area contributed by atoms with E-state index in [1.54, 1.807) is 34.6 Å². The summed E-state index contributed by atoms with van der Waals surface area (Å²) in [6, 6.07) is 1.35. The molecule has 0 saturated carbocycles. The first kappa shape index (κ1) is 21.7. The summed E-state index contributed by atoms with van der Waals surface area (Å²) in [7, 11) is 0. The lowest BCUT2D eigenvalue weighted by molar-refractivity contribution is -0.385. The van der Waals surface area contributed by atoms with Crippen molar-refractivity contribution in [1.82, 2.24) is 10.3 Å². The van der Waals surface area contributed by atoms with Gasteiger partial charge in [0.25, 0.3) is 0 Å². The quantitative estimate of drug-likeness (QED) is 0.334. The minimum atomic E-state index is -0.660. The largest absolute Gasteiger partial charge is 0.450 e. The lowest BCUT2D eigenvalue weighted by atomic mass is 10.2. The van der Waals surface area contributed by atoms with E-state index in [1.165, 1.54) is 24.4 Å². The van der Waals surface area contributed by atoms with E-state index in [9.17, 15) is 14.9 Å². The number of nitrogens with zero attached hydrogens (tertiary/aromatic N) is 2. The second-order valence-electron chi connectivity index (χ2n) is 6.75. The smallest absolute Gasteiger partial charge is 0.412 e. The molecule has 1 heterocycles. The van der Waals surface area contributed by atoms with Crippen molar-refractivity contribution >= 4 is 17.6 Å². The van der Waals surface area contributed by atoms with E-state index in [4.69, 9.17) is 15.2 Å². The van der Waals surface area contributed by atoms with E-state index in [1.807, 2.05) is 0 Å². The molecule has 0 unspecified atom stereocenters. The Balaban J connectivity index is 2.94. The first-order valence-corrected chi connectivity index (χ1v) is 8.02. The molecule has 1 aromatic heterocycles. The number of nitrogen functional groups attached to an aromatic ring is 1. The summed E-state index contributed by atoms with van der Waals surface area (Å²) in [4.78, 5) is 26.0. The molecule has 0 spiro atoms. The van der Waals surface area contributed by atoms with Crippen LogP contribution in [-0.4, -0.2) is 21.6 Å². The number of nitro groups is 1. The molecule has 146 valence electrons. The summed E-state index contributed by atoms with van der Waals surface area (Å²) in [5.74, 6) is 0.0421. The molecule has 0 aromatic carbocycles. The molecule has 1 aromatic rings. The summed E-state index contributed by atoms with van der Waals surface area (Å²) < 4.78 is 10.8. The van der Waals surface area contributed by atoms with Gasteiger partial charge in [-0.1, -0.05) is 6.58 Å². The number of nitrogens with two attached hydrogens (primary N) is 1. The third-order valence-corrected chi connectivity index (χ3v) is 2.91. The van der Waals surface area contributed by atoms with Crippen LogP contribution in [0.15, 0.2) is 48.0 Å². The van der Waals surface area contributed by atoms with Gasteiger partial charge < -0.3 is 15.2 Å². The summed E-state index contributed by atoms with van der Waals surface area (Å²) in [6.07, 6.45) is 3.68. The van der Waals surface area contributed by atoms with Gasteiger partial charge in [0.15, 0.2) is 0 Å². The highest BCUT2D eigenvalue weighted by Crippen LogP contribution is 2.32. The zero-order valence-electron chi connectivity index (χ0n) is 16.0. The Labute approximate surface area is 157 Å². The molecule has 27 heavy (non-hydrogen) atoms. The molecular weight excluding hydrogens is 352 g/mol. The number of aromatic nitrogens is 1. The summed E-state index contributed by atoms with van der Waals surface area (Å²) in [6.45, 7) is 12.5. The molecule has 0 bridgehead atoms. The first-order valence-electron chi connectivity index (χ1n) is 8.02. The van der Waals surface area contributed by atoms with Crippen molar-refractivity contribution in [3.63, 3.8) is 0 Å². The second kappa shape index (κ2) is 8.84. The molecule has 0 radical (unpaired) electrons. The van der Waals surface area contributed by atoms with Crippen LogP contribution >= 0.6 is 0 Å². The molecular formula is C18H24N4O5. The third kappa shape index (κ3) is 7.18. The van der Waals surface area contributed by atoms with Gasteiger partial charge in [-0.05, 0) is 52.3 Å². The zero-order valence-corrected chi connectivity index (χ0v) is 16.0. The number of anilines is 1. The molecule has 0 aliphatic carbocycles. The fourth-order valence-electron chi connectivity index (χ4n) is 1.79. The Morgan fingerprint density at radius 3 is 2.52 bits per heavy atom. The van der Waals surface area contributed by atoms with Crippen LogP contribution in [0.5, 0.6) is 5.75 Å². The van der Waals surface area contributed by atoms with Gasteiger partial charge in [0.2, 0.25) is 11.6 Å². The van der Waals surface area contributed by atoms with Crippen molar-refractivity contribution in [2.24, 2.45) is 0 Å². The van der Waals surface area contributed by atoms with Crippen LogP contribution in [0.25, 0.3) is 0 Å². The van der Waals surface area contributed by atoms with Crippen molar-refractivity contribution in [2.45, 2.75) is 40.2 Å². The minimum absolute atomic E-state index is 0.0425. The van der Waals surface area contributed by atoms with Gasteiger partial charge >= 0.3 is 11.8 Å². The van der Waals surface area contributed by atoms with Crippen LogP contribution in [0.2, 0.25) is 0 Å². The van der Waals surface area contributed by atoms with Gasteiger partial charge in [-0.15, -0.1) is 0 Å². The van der Waals surface area contributed by atoms with Gasteiger partial charge in [0, 0.05) is 18.0 Å². The maximum atomic E-state index is 11.7. The molecule has 0 saturated heterocycles. The van der Waals surface area contributed by atoms with Gasteiger partial charge in [0.05, 0.1) is 4.92 Å². The SMILES string of the molecule is C=C(/C=C\C(Oc1ccnc(N)c1[N+](=O)[O-])=C(C)C)NC(=O)OC(C)(C)C. The maximum absolute atomic E-state index is 11.7. The van der Waals surface area contributed by atoms with Crippen LogP contribution in [0.4, 0.5) is 16.3 Å². The Morgan fingerprint density at radius 2 is 2.00 bits per heavy atom. The van der Waals surface area contributed by atoms with Gasteiger partial charge in [-0.25, -0.2) is 9.78 Å². The molecule has 1 rings (SSSR count). The van der Waals surface area contributed by atoms with Crippen molar-refractivity contribution in [3.8, 4) is 5.75 Å². The van der Waals surface area contributed by atoms with Crippen molar-refractivity contribution in [3.05, 3.63) is 58.1 Å². The number of carbonyl (C=O) groups excluding carboxylic acids is 1. The Kier molecular flexibility index (Phi) is 7.10. The molecule has 9 nitrogen and oxygen atoms in total. The maximum Gasteiger partial charge on any atom is 0.412 e. The highest BCUT2D eigenvalue weighted by Gasteiger charge is 2.21. The average Bonchev–Trinajstić information content (AvgIpc) is 2.48. The number of hydrogen-bond acceptors (Lipinski definition) is 7. The zero-order chi connectivity index (χ0) is 20.8. The lowest BCUT2D eigenvalue weighted by Gasteiger charge is -2.19. The highest BCUT2D eigenvalue weighted by molar-refractivity contribution is 5.70. The Bertz CT molecular complexity index is 802. The summed E-state index contributed by atoms with van der Waals surface area (Å²) in [5.41, 5.74) is 5.50. The van der Waals surface area contributed by atoms with E-state index >= 15 is 0 Å². The lowest BCUT2D eigenvalue weighted by Crippen LogP contribution is -2.31. The Morgan fingerprint density at radius 1 is 1.37 bits per heavy atom. The van der Waals surface area contributed by atoms with Crippen LogP contribution in [0.1, 0.15) is 34.6 Å². The fraction of sp³-hybridized carbons (Fsp3) is 0.333. The molecule has 0 fully saturated rings. The minimum Gasteiger partial charge on any atom is -0.450 e. The molecule has 1 amide bonds. The van der Waals surface area contributed by atoms with E-state index in [2.05, 4.69) is 16.9 Å². The standard InChI is InChI=1S/C18H24N4O5/c1-11(2)13(8-7-12(3)21-17(23)27-18(4,5)6)26-14-9-10-20-16(19)15(14)22(24)25/h7-10H,3H2,1-2,4-6H3,(H2,19,20)(H,21,23)/b8-7-. The van der Waals surface area contributed by atoms with E-state index in [0.29, 0.717) is 5.76 Å². The van der Waals surface area contributed by atoms with Crippen LogP contribution < -0.4 is 15.8 Å². The number of rotatable bonds is 6. The number of amides is 1. The normalized spacial score (nSPS) is 11.0. The van der Waals surface area contributed by atoms with E-state index < -0.39 is 22.3 Å². The number of nitrogens with one attached hydrogen (secondary N) is 1. The fourth-order valence-corrected chi connectivity index (χ4v) is 1.79. The summed E-state index contributed by atoms with van der Waals surface area (Å²) >= 11 is 0. The molecule has 3 N–H and O–H groups in total. The predicted molar refractivity (Wildman–Crippen MR) is 102 cm³/mol. The molecule has 9 heteroatoms. The predicted octanol–water partition coefficient (Wildman–Crippen LogP) is 3.84. The summed E-state index contributed by atoms with van der Waals surface area (Å²) in [5, 5.41) is 13.7. The van der Waals surface area contributed by atoms with Crippen molar-refractivity contribution in [2.75, 3.05) is 5.73 Å². The number of alkyl carbamates (subject to hydrolysis) is 1. The number of allylic oxidation sites excluding steroid dienone is 3. The number of pyridine rings is 1. The van der Waals surface area contributed by atoms with E-state index in [-0.39, 0.29) is 17.3 Å². The topological polar surface area (TPSA) is 130 Å². The number of ether oxygens (including phenoxy) is 2. The van der Waals surface area contributed by atoms with E-state index in [0.717, 1.165) is 5.57 Å². The highest BCUT2D eigenvalue weighted by atomic mass is 16.6. The van der Waals surface area contributed by atoms with Crippen molar-refractivity contribution < 1.29 is 19.2 Å². The third-order valence-electron chi connectivity index (χ3n) is 2.91. The van der Waals surface area contributed by atoms with Crippen LogP contribution in [-0.2, 0) is 4.74 Å². The van der Waals surface area contributed by atoms with Crippen LogP contribution in [0.3, 0.4) is 0 Å². The molecule has 0 aliphatic heterocycles. The average molecular weight is 376 g/mol. The van der Waals surface area contributed by atoms with Gasteiger partial charge in [-0.2, -0.15) is 0 Å². The van der Waals surface area contributed by atoms with Gasteiger partial charge in [-0.3, -0.25) is 15.4 Å². The van der Waals surface area contributed by atoms with Crippen molar-refractivity contribution in [1.29, 1.82) is 0 Å². The van der Waals surface area contributed by atoms with Gasteiger partial charge in [0.1, 0.15) is 11.4 Å². The molecule has 0 aliphatic rings. The second-order valence-corrected chi connectivity index (χ2v) is 6.75. The first-order chi connectivity index (χ1) is 12.4.